The number of hydrogen-bond donors (Lipinski definition) is 0. The zero-order valence-corrected chi connectivity index (χ0v) is 20.8. The zero-order valence-electron chi connectivity index (χ0n) is 19.9. The summed E-state index contributed by atoms with van der Waals surface area (Å²) in [5.74, 6) is 0.829. The summed E-state index contributed by atoms with van der Waals surface area (Å²) in [5, 5.41) is 0. The van der Waals surface area contributed by atoms with Gasteiger partial charge in [-0.3, -0.25) is 9.36 Å². The molecule has 0 unspecified atom stereocenters. The van der Waals surface area contributed by atoms with Gasteiger partial charge in [0.1, 0.15) is 18.1 Å². The molecule has 0 fully saturated rings. The fourth-order valence-corrected chi connectivity index (χ4v) is 4.91. The molecule has 8 nitrogen and oxygen atoms in total. The Labute approximate surface area is 206 Å². The first-order chi connectivity index (χ1) is 17.0. The predicted molar refractivity (Wildman–Crippen MR) is 133 cm³/mol. The molecule has 1 aliphatic heterocycles. The van der Waals surface area contributed by atoms with E-state index in [1.54, 1.807) is 43.9 Å². The second-order valence-corrected chi connectivity index (χ2v) is 8.77. The van der Waals surface area contributed by atoms with Crippen molar-refractivity contribution in [2.24, 2.45) is 4.99 Å². The Hall–Kier alpha value is -3.69. The Morgan fingerprint density at radius 2 is 1.80 bits per heavy atom. The molecule has 0 saturated heterocycles. The summed E-state index contributed by atoms with van der Waals surface area (Å²) in [6.45, 7) is 2.12. The Bertz CT molecular complexity index is 1440. The first kappa shape index (κ1) is 24.4. The summed E-state index contributed by atoms with van der Waals surface area (Å²) in [5.41, 5.74) is 2.14. The molecule has 35 heavy (non-hydrogen) atoms. The average molecular weight is 495 g/mol. The van der Waals surface area contributed by atoms with Gasteiger partial charge in [0, 0.05) is 7.11 Å². The molecular formula is C26H26N2O6S. The van der Waals surface area contributed by atoms with Gasteiger partial charge in [-0.25, -0.2) is 9.79 Å². The summed E-state index contributed by atoms with van der Waals surface area (Å²) in [6, 6.07) is 14.0. The maximum absolute atomic E-state index is 13.6. The van der Waals surface area contributed by atoms with Crippen molar-refractivity contribution in [1.82, 2.24) is 4.57 Å². The Balaban J connectivity index is 1.87. The molecular weight excluding hydrogens is 468 g/mol. The van der Waals surface area contributed by atoms with Crippen LogP contribution in [0.3, 0.4) is 0 Å². The van der Waals surface area contributed by atoms with Crippen molar-refractivity contribution in [3.8, 4) is 11.5 Å². The van der Waals surface area contributed by atoms with Crippen LogP contribution in [0, 0.1) is 0 Å². The van der Waals surface area contributed by atoms with Crippen LogP contribution in [0.25, 0.3) is 6.08 Å². The number of benzene rings is 2. The number of carbonyl (C=O) groups is 1. The first-order valence-corrected chi connectivity index (χ1v) is 11.7. The number of rotatable bonds is 8. The van der Waals surface area contributed by atoms with Crippen molar-refractivity contribution in [3.63, 3.8) is 0 Å². The number of nitrogens with zero attached hydrogens (tertiary/aromatic N) is 2. The molecule has 1 atom stereocenters. The van der Waals surface area contributed by atoms with Gasteiger partial charge >= 0.3 is 5.97 Å². The topological polar surface area (TPSA) is 88.4 Å². The molecule has 2 heterocycles. The van der Waals surface area contributed by atoms with Crippen molar-refractivity contribution < 1.29 is 23.7 Å². The summed E-state index contributed by atoms with van der Waals surface area (Å²) in [7, 11) is 4.71. The number of hydrogen-bond acceptors (Lipinski definition) is 8. The van der Waals surface area contributed by atoms with Gasteiger partial charge in [-0.1, -0.05) is 35.6 Å². The molecule has 3 aromatic rings. The second kappa shape index (κ2) is 10.7. The maximum Gasteiger partial charge on any atom is 0.338 e. The SMILES string of the molecule is COCCOC(=O)C1=C(C)N=c2s/c(=C\c3cccc(OC)c3)c(=O)n2[C@@H]1c1ccc(OC)cc1. The van der Waals surface area contributed by atoms with Crippen LogP contribution in [0.4, 0.5) is 0 Å². The number of aromatic nitrogens is 1. The van der Waals surface area contributed by atoms with E-state index in [0.717, 1.165) is 11.1 Å². The summed E-state index contributed by atoms with van der Waals surface area (Å²) < 4.78 is 23.1. The van der Waals surface area contributed by atoms with Crippen molar-refractivity contribution in [2.75, 3.05) is 34.5 Å². The van der Waals surface area contributed by atoms with Crippen LogP contribution in [0.15, 0.2) is 69.6 Å². The van der Waals surface area contributed by atoms with E-state index in [2.05, 4.69) is 4.99 Å². The molecule has 182 valence electrons. The molecule has 0 saturated carbocycles. The van der Waals surface area contributed by atoms with Gasteiger partial charge in [-0.15, -0.1) is 0 Å². The molecule has 9 heteroatoms. The number of ether oxygens (including phenoxy) is 4. The van der Waals surface area contributed by atoms with Crippen LogP contribution in [-0.4, -0.2) is 45.1 Å². The standard InChI is InChI=1S/C26H26N2O6S/c1-16-22(25(30)34-13-12-31-2)23(18-8-10-19(32-3)11-9-18)28-24(29)21(35-26(28)27-16)15-17-6-5-7-20(14-17)33-4/h5-11,14-15,23H,12-13H2,1-4H3/b21-15-/t23-/m1/s1. The van der Waals surface area contributed by atoms with E-state index in [-0.39, 0.29) is 18.8 Å². The van der Waals surface area contributed by atoms with Crippen molar-refractivity contribution in [3.05, 3.63) is 90.6 Å². The molecule has 0 amide bonds. The number of esters is 1. The average Bonchev–Trinajstić information content (AvgIpc) is 3.17. The predicted octanol–water partition coefficient (Wildman–Crippen LogP) is 2.44. The maximum atomic E-state index is 13.6. The lowest BCUT2D eigenvalue weighted by molar-refractivity contribution is -0.140. The monoisotopic (exact) mass is 494 g/mol. The van der Waals surface area contributed by atoms with Crippen LogP contribution in [0.2, 0.25) is 0 Å². The lowest BCUT2D eigenvalue weighted by atomic mass is 9.96. The van der Waals surface area contributed by atoms with E-state index >= 15 is 0 Å². The van der Waals surface area contributed by atoms with Gasteiger partial charge in [-0.2, -0.15) is 0 Å². The Morgan fingerprint density at radius 3 is 2.49 bits per heavy atom. The van der Waals surface area contributed by atoms with Gasteiger partial charge in [0.25, 0.3) is 5.56 Å². The highest BCUT2D eigenvalue weighted by molar-refractivity contribution is 7.07. The minimum atomic E-state index is -0.695. The molecule has 0 aliphatic carbocycles. The second-order valence-electron chi connectivity index (χ2n) is 7.76. The Kier molecular flexibility index (Phi) is 7.48. The zero-order chi connectivity index (χ0) is 24.9. The third-order valence-corrected chi connectivity index (χ3v) is 6.57. The van der Waals surface area contributed by atoms with Gasteiger partial charge < -0.3 is 18.9 Å². The highest BCUT2D eigenvalue weighted by atomic mass is 32.1. The molecule has 0 radical (unpaired) electrons. The van der Waals surface area contributed by atoms with Gasteiger partial charge in [-0.05, 0) is 48.4 Å². The van der Waals surface area contributed by atoms with E-state index < -0.39 is 12.0 Å². The van der Waals surface area contributed by atoms with E-state index in [4.69, 9.17) is 18.9 Å². The highest BCUT2D eigenvalue weighted by Crippen LogP contribution is 2.31. The number of thiazole rings is 1. The Morgan fingerprint density at radius 1 is 1.06 bits per heavy atom. The van der Waals surface area contributed by atoms with Crippen molar-refractivity contribution in [1.29, 1.82) is 0 Å². The van der Waals surface area contributed by atoms with E-state index in [0.29, 0.717) is 32.1 Å². The molecule has 1 aliphatic rings. The number of carbonyl (C=O) groups excluding carboxylic acids is 1. The number of allylic oxidation sites excluding steroid dienone is 1. The molecule has 0 N–H and O–H groups in total. The smallest absolute Gasteiger partial charge is 0.338 e. The molecule has 4 rings (SSSR count). The minimum absolute atomic E-state index is 0.0989. The molecule has 2 aromatic carbocycles. The fourth-order valence-electron chi connectivity index (χ4n) is 3.86. The van der Waals surface area contributed by atoms with Gasteiger partial charge in [0.05, 0.1) is 42.7 Å². The third kappa shape index (κ3) is 5.06. The van der Waals surface area contributed by atoms with Crippen LogP contribution in [0.5, 0.6) is 11.5 Å². The molecule has 0 bridgehead atoms. The van der Waals surface area contributed by atoms with Crippen LogP contribution >= 0.6 is 11.3 Å². The largest absolute Gasteiger partial charge is 0.497 e. The van der Waals surface area contributed by atoms with Crippen molar-refractivity contribution >= 4 is 23.4 Å². The van der Waals surface area contributed by atoms with Crippen LogP contribution < -0.4 is 24.4 Å². The van der Waals surface area contributed by atoms with Gasteiger partial charge in [0.2, 0.25) is 0 Å². The first-order valence-electron chi connectivity index (χ1n) is 10.9. The van der Waals surface area contributed by atoms with E-state index in [1.807, 2.05) is 36.4 Å². The normalized spacial score (nSPS) is 15.4. The number of methoxy groups -OCH3 is 3. The van der Waals surface area contributed by atoms with Gasteiger partial charge in [0.15, 0.2) is 4.80 Å². The lowest BCUT2D eigenvalue weighted by Gasteiger charge is -2.25. The number of fused-ring (bicyclic) bond motifs is 1. The molecule has 1 aromatic heterocycles. The quantitative estimate of drug-likeness (QED) is 0.353. The summed E-state index contributed by atoms with van der Waals surface area (Å²) >= 11 is 1.27. The van der Waals surface area contributed by atoms with Crippen LogP contribution in [0.1, 0.15) is 24.1 Å². The summed E-state index contributed by atoms with van der Waals surface area (Å²) in [4.78, 5) is 31.9. The van der Waals surface area contributed by atoms with E-state index in [9.17, 15) is 9.59 Å². The third-order valence-electron chi connectivity index (χ3n) is 5.59. The van der Waals surface area contributed by atoms with Crippen LogP contribution in [-0.2, 0) is 14.3 Å². The molecule has 0 spiro atoms. The fraction of sp³-hybridized carbons (Fsp3) is 0.269. The highest BCUT2D eigenvalue weighted by Gasteiger charge is 2.33. The van der Waals surface area contributed by atoms with Crippen molar-refractivity contribution in [2.45, 2.75) is 13.0 Å². The summed E-state index contributed by atoms with van der Waals surface area (Å²) in [6.07, 6.45) is 1.80. The minimum Gasteiger partial charge on any atom is -0.497 e. The lowest BCUT2D eigenvalue weighted by Crippen LogP contribution is -2.40. The van der Waals surface area contributed by atoms with E-state index in [1.165, 1.54) is 18.4 Å².